The number of carbonyl (C=O) groups is 1. The topological polar surface area (TPSA) is 70.6 Å². The Kier molecular flexibility index (Phi) is 6.18. The molecule has 2 heterocycles. The number of nitrogens with zero attached hydrogens (tertiary/aromatic N) is 4. The lowest BCUT2D eigenvalue weighted by atomic mass is 10.3. The standard InChI is InChI=1S/C14H20F3N5O2/c1-24-8-2-3-18-13(23)22-6-4-21(5-7-22)12-9-11(14(15,16)17)19-10-20-12/h9-10H,2-8H2,1H3,(H,18,23). The van der Waals surface area contributed by atoms with E-state index in [-0.39, 0.29) is 11.8 Å². The average Bonchev–Trinajstić information content (AvgIpc) is 2.58. The van der Waals surface area contributed by atoms with Crippen LogP contribution >= 0.6 is 0 Å². The van der Waals surface area contributed by atoms with Gasteiger partial charge in [0.2, 0.25) is 0 Å². The first-order valence-electron chi connectivity index (χ1n) is 7.57. The largest absolute Gasteiger partial charge is 0.433 e. The van der Waals surface area contributed by atoms with E-state index in [1.807, 2.05) is 0 Å². The minimum atomic E-state index is -4.50. The van der Waals surface area contributed by atoms with Crippen LogP contribution in [0.5, 0.6) is 0 Å². The third kappa shape index (κ3) is 4.95. The van der Waals surface area contributed by atoms with Gasteiger partial charge < -0.3 is 19.9 Å². The predicted molar refractivity (Wildman–Crippen MR) is 80.7 cm³/mol. The molecule has 0 spiro atoms. The summed E-state index contributed by atoms with van der Waals surface area (Å²) in [5, 5.41) is 2.78. The molecule has 24 heavy (non-hydrogen) atoms. The van der Waals surface area contributed by atoms with Gasteiger partial charge in [0.25, 0.3) is 0 Å². The lowest BCUT2D eigenvalue weighted by Crippen LogP contribution is -2.52. The maximum absolute atomic E-state index is 12.7. The van der Waals surface area contributed by atoms with E-state index >= 15 is 0 Å². The zero-order chi connectivity index (χ0) is 17.6. The van der Waals surface area contributed by atoms with E-state index in [0.717, 1.165) is 18.8 Å². The summed E-state index contributed by atoms with van der Waals surface area (Å²) in [6.45, 7) is 2.76. The van der Waals surface area contributed by atoms with E-state index in [1.165, 1.54) is 0 Å². The maximum Gasteiger partial charge on any atom is 0.433 e. The molecule has 2 rings (SSSR count). The highest BCUT2D eigenvalue weighted by atomic mass is 19.4. The van der Waals surface area contributed by atoms with Crippen LogP contribution < -0.4 is 10.2 Å². The monoisotopic (exact) mass is 347 g/mol. The van der Waals surface area contributed by atoms with E-state index in [2.05, 4.69) is 15.3 Å². The zero-order valence-corrected chi connectivity index (χ0v) is 13.3. The number of piperazine rings is 1. The van der Waals surface area contributed by atoms with E-state index in [1.54, 1.807) is 16.9 Å². The molecule has 1 fully saturated rings. The lowest BCUT2D eigenvalue weighted by molar-refractivity contribution is -0.141. The van der Waals surface area contributed by atoms with E-state index in [4.69, 9.17) is 4.74 Å². The van der Waals surface area contributed by atoms with Crippen LogP contribution in [0, 0.1) is 0 Å². The summed E-state index contributed by atoms with van der Waals surface area (Å²) in [4.78, 5) is 22.5. The van der Waals surface area contributed by atoms with Gasteiger partial charge in [-0.1, -0.05) is 0 Å². The van der Waals surface area contributed by atoms with Crippen LogP contribution in [0.15, 0.2) is 12.4 Å². The Bertz CT molecular complexity index is 547. The third-order valence-corrected chi connectivity index (χ3v) is 3.64. The molecule has 1 aromatic rings. The highest BCUT2D eigenvalue weighted by molar-refractivity contribution is 5.74. The molecule has 134 valence electrons. The second-order valence-electron chi connectivity index (χ2n) is 5.31. The first-order valence-corrected chi connectivity index (χ1v) is 7.57. The normalized spacial score (nSPS) is 15.5. The molecule has 1 saturated heterocycles. The van der Waals surface area contributed by atoms with Crippen molar-refractivity contribution in [1.29, 1.82) is 0 Å². The fourth-order valence-corrected chi connectivity index (χ4v) is 2.34. The fourth-order valence-electron chi connectivity index (χ4n) is 2.34. The van der Waals surface area contributed by atoms with Crippen molar-refractivity contribution in [3.8, 4) is 0 Å². The first kappa shape index (κ1) is 18.2. The minimum absolute atomic E-state index is 0.176. The molecular formula is C14H20F3N5O2. The Labute approximate surface area is 137 Å². The molecular weight excluding hydrogens is 327 g/mol. The SMILES string of the molecule is COCCCNC(=O)N1CCN(c2cc(C(F)(F)F)ncn2)CC1. The molecule has 0 bridgehead atoms. The zero-order valence-electron chi connectivity index (χ0n) is 13.3. The van der Waals surface area contributed by atoms with Gasteiger partial charge in [0.05, 0.1) is 0 Å². The molecule has 2 amide bonds. The van der Waals surface area contributed by atoms with Crippen LogP contribution in [-0.2, 0) is 10.9 Å². The summed E-state index contributed by atoms with van der Waals surface area (Å²) in [5.41, 5.74) is -0.967. The van der Waals surface area contributed by atoms with Gasteiger partial charge in [-0.25, -0.2) is 14.8 Å². The number of aromatic nitrogens is 2. The smallest absolute Gasteiger partial charge is 0.385 e. The van der Waals surface area contributed by atoms with Gasteiger partial charge in [-0.2, -0.15) is 13.2 Å². The van der Waals surface area contributed by atoms with Crippen LogP contribution in [0.3, 0.4) is 0 Å². The Morgan fingerprint density at radius 2 is 2.00 bits per heavy atom. The molecule has 0 saturated carbocycles. The van der Waals surface area contributed by atoms with Crippen molar-refractivity contribution in [2.24, 2.45) is 0 Å². The quantitative estimate of drug-likeness (QED) is 0.815. The van der Waals surface area contributed by atoms with Gasteiger partial charge in [0.15, 0.2) is 0 Å². The molecule has 0 aromatic carbocycles. The number of ether oxygens (including phenoxy) is 1. The number of urea groups is 1. The number of anilines is 1. The summed E-state index contributed by atoms with van der Waals surface area (Å²) in [6.07, 6.45) is -2.86. The molecule has 7 nitrogen and oxygen atoms in total. The lowest BCUT2D eigenvalue weighted by Gasteiger charge is -2.35. The average molecular weight is 347 g/mol. The van der Waals surface area contributed by atoms with E-state index < -0.39 is 11.9 Å². The summed E-state index contributed by atoms with van der Waals surface area (Å²) in [7, 11) is 1.60. The number of carbonyl (C=O) groups excluding carboxylic acids is 1. The Hall–Kier alpha value is -2.10. The van der Waals surface area contributed by atoms with E-state index in [0.29, 0.717) is 39.3 Å². The van der Waals surface area contributed by atoms with Gasteiger partial charge in [0, 0.05) is 52.5 Å². The van der Waals surface area contributed by atoms with Crippen molar-refractivity contribution in [2.45, 2.75) is 12.6 Å². The Balaban J connectivity index is 1.85. The second kappa shape index (κ2) is 8.13. The molecule has 1 aromatic heterocycles. The fraction of sp³-hybridized carbons (Fsp3) is 0.643. The van der Waals surface area contributed by atoms with Crippen LogP contribution in [0.25, 0.3) is 0 Å². The van der Waals surface area contributed by atoms with Crippen LogP contribution in [0.1, 0.15) is 12.1 Å². The molecule has 10 heteroatoms. The highest BCUT2D eigenvalue weighted by Crippen LogP contribution is 2.29. The van der Waals surface area contributed by atoms with E-state index in [9.17, 15) is 18.0 Å². The highest BCUT2D eigenvalue weighted by Gasteiger charge is 2.33. The van der Waals surface area contributed by atoms with Crippen molar-refractivity contribution >= 4 is 11.8 Å². The van der Waals surface area contributed by atoms with Gasteiger partial charge >= 0.3 is 12.2 Å². The maximum atomic E-state index is 12.7. The Morgan fingerprint density at radius 3 is 2.62 bits per heavy atom. The van der Waals surface area contributed by atoms with Crippen LogP contribution in [-0.4, -0.2) is 67.3 Å². The van der Waals surface area contributed by atoms with Crippen molar-refractivity contribution in [3.05, 3.63) is 18.1 Å². The molecule has 1 N–H and O–H groups in total. The Morgan fingerprint density at radius 1 is 1.29 bits per heavy atom. The number of amides is 2. The molecule has 0 atom stereocenters. The first-order chi connectivity index (χ1) is 11.4. The van der Waals surface area contributed by atoms with Crippen LogP contribution in [0.2, 0.25) is 0 Å². The van der Waals surface area contributed by atoms with Gasteiger partial charge in [0.1, 0.15) is 17.8 Å². The van der Waals surface area contributed by atoms with Gasteiger partial charge in [-0.15, -0.1) is 0 Å². The number of nitrogens with one attached hydrogen (secondary N) is 1. The summed E-state index contributed by atoms with van der Waals surface area (Å²) in [5.74, 6) is 0.220. The number of rotatable bonds is 5. The number of halogens is 3. The van der Waals surface area contributed by atoms with Crippen molar-refractivity contribution in [2.75, 3.05) is 51.3 Å². The minimum Gasteiger partial charge on any atom is -0.385 e. The summed E-state index contributed by atoms with van der Waals surface area (Å²) in [6, 6.07) is 0.755. The van der Waals surface area contributed by atoms with Gasteiger partial charge in [-0.3, -0.25) is 0 Å². The number of alkyl halides is 3. The number of hydrogen-bond donors (Lipinski definition) is 1. The van der Waals surface area contributed by atoms with Gasteiger partial charge in [-0.05, 0) is 6.42 Å². The number of methoxy groups -OCH3 is 1. The molecule has 0 unspecified atom stereocenters. The summed E-state index contributed by atoms with van der Waals surface area (Å²) < 4.78 is 43.0. The second-order valence-corrected chi connectivity index (χ2v) is 5.31. The van der Waals surface area contributed by atoms with Crippen molar-refractivity contribution in [1.82, 2.24) is 20.2 Å². The predicted octanol–water partition coefficient (Wildman–Crippen LogP) is 1.36. The molecule has 1 aliphatic rings. The summed E-state index contributed by atoms with van der Waals surface area (Å²) >= 11 is 0. The molecule has 0 aliphatic carbocycles. The molecule has 1 aliphatic heterocycles. The van der Waals surface area contributed by atoms with Crippen molar-refractivity contribution < 1.29 is 22.7 Å². The molecule has 0 radical (unpaired) electrons. The van der Waals surface area contributed by atoms with Crippen LogP contribution in [0.4, 0.5) is 23.8 Å². The number of hydrogen-bond acceptors (Lipinski definition) is 5. The van der Waals surface area contributed by atoms with Crippen molar-refractivity contribution in [3.63, 3.8) is 0 Å². The third-order valence-electron chi connectivity index (χ3n) is 3.64.